The van der Waals surface area contributed by atoms with E-state index in [1.54, 1.807) is 12.4 Å². The van der Waals surface area contributed by atoms with Gasteiger partial charge in [0.05, 0.1) is 23.4 Å². The summed E-state index contributed by atoms with van der Waals surface area (Å²) in [5.41, 5.74) is 3.44. The molecule has 1 heterocycles. The predicted molar refractivity (Wildman–Crippen MR) is 78.4 cm³/mol. The second kappa shape index (κ2) is 5.17. The number of hydrogen-bond donors (Lipinski definition) is 2. The van der Waals surface area contributed by atoms with Gasteiger partial charge in [-0.25, -0.2) is 4.98 Å². The van der Waals surface area contributed by atoms with Crippen molar-refractivity contribution in [3.05, 3.63) is 66.0 Å². The van der Waals surface area contributed by atoms with Crippen LogP contribution < -0.4 is 5.32 Å². The van der Waals surface area contributed by atoms with Gasteiger partial charge in [0.15, 0.2) is 0 Å². The van der Waals surface area contributed by atoms with Crippen LogP contribution in [0.4, 0.5) is 0 Å². The first kappa shape index (κ1) is 12.4. The summed E-state index contributed by atoms with van der Waals surface area (Å²) in [6.07, 6.45) is 1.62. The van der Waals surface area contributed by atoms with Crippen LogP contribution in [0.5, 0.6) is 0 Å². The van der Waals surface area contributed by atoms with E-state index in [1.807, 2.05) is 49.4 Å². The molecule has 0 saturated heterocycles. The molecular formula is C16H15N3O. The smallest absolute Gasteiger partial charge is 0.251 e. The Morgan fingerprint density at radius 1 is 1.20 bits per heavy atom. The molecule has 2 N–H and O–H groups in total. The molecule has 0 radical (unpaired) electrons. The van der Waals surface area contributed by atoms with Gasteiger partial charge >= 0.3 is 0 Å². The summed E-state index contributed by atoms with van der Waals surface area (Å²) in [5.74, 6) is -0.0853. The van der Waals surface area contributed by atoms with Crippen molar-refractivity contribution in [2.75, 3.05) is 0 Å². The van der Waals surface area contributed by atoms with E-state index in [2.05, 4.69) is 15.3 Å². The average Bonchev–Trinajstić information content (AvgIpc) is 2.95. The number of imidazole rings is 1. The highest BCUT2D eigenvalue weighted by molar-refractivity contribution is 5.97. The summed E-state index contributed by atoms with van der Waals surface area (Å²) in [5, 5.41) is 3.00. The lowest BCUT2D eigenvalue weighted by Gasteiger charge is -2.14. The van der Waals surface area contributed by atoms with Crippen LogP contribution in [0.2, 0.25) is 0 Å². The highest BCUT2D eigenvalue weighted by atomic mass is 16.1. The maximum absolute atomic E-state index is 12.2. The molecule has 2 aromatic carbocycles. The minimum absolute atomic E-state index is 0.0267. The number of H-pyrrole nitrogens is 1. The third kappa shape index (κ3) is 2.40. The topological polar surface area (TPSA) is 57.8 Å². The predicted octanol–water partition coefficient (Wildman–Crippen LogP) is 3.05. The van der Waals surface area contributed by atoms with Gasteiger partial charge in [0, 0.05) is 5.56 Å². The van der Waals surface area contributed by atoms with Gasteiger partial charge in [0.2, 0.25) is 0 Å². The Hall–Kier alpha value is -2.62. The normalized spacial score (nSPS) is 12.2. The largest absolute Gasteiger partial charge is 0.346 e. The SMILES string of the molecule is C[C@H](NC(=O)c1ccc2nc[nH]c2c1)c1ccccc1. The summed E-state index contributed by atoms with van der Waals surface area (Å²) in [6, 6.07) is 15.3. The van der Waals surface area contributed by atoms with Gasteiger partial charge in [-0.3, -0.25) is 4.79 Å². The molecule has 0 saturated carbocycles. The first-order chi connectivity index (χ1) is 9.74. The van der Waals surface area contributed by atoms with Crippen LogP contribution in [0, 0.1) is 0 Å². The highest BCUT2D eigenvalue weighted by Gasteiger charge is 2.11. The second-order valence-corrected chi connectivity index (χ2v) is 4.74. The number of aromatic nitrogens is 2. The summed E-state index contributed by atoms with van der Waals surface area (Å²) >= 11 is 0. The van der Waals surface area contributed by atoms with Crippen molar-refractivity contribution in [1.29, 1.82) is 0 Å². The maximum atomic E-state index is 12.2. The minimum atomic E-state index is -0.0853. The number of hydrogen-bond acceptors (Lipinski definition) is 2. The first-order valence-electron chi connectivity index (χ1n) is 6.53. The Bertz CT molecular complexity index is 734. The Morgan fingerprint density at radius 2 is 2.00 bits per heavy atom. The Labute approximate surface area is 116 Å². The zero-order chi connectivity index (χ0) is 13.9. The Morgan fingerprint density at radius 3 is 2.80 bits per heavy atom. The van der Waals surface area contributed by atoms with E-state index >= 15 is 0 Å². The van der Waals surface area contributed by atoms with Crippen molar-refractivity contribution in [3.63, 3.8) is 0 Å². The van der Waals surface area contributed by atoms with Crippen molar-refractivity contribution in [3.8, 4) is 0 Å². The quantitative estimate of drug-likeness (QED) is 0.764. The summed E-state index contributed by atoms with van der Waals surface area (Å²) < 4.78 is 0. The van der Waals surface area contributed by atoms with Crippen LogP contribution in [0.25, 0.3) is 11.0 Å². The number of benzene rings is 2. The van der Waals surface area contributed by atoms with Crippen molar-refractivity contribution in [1.82, 2.24) is 15.3 Å². The highest BCUT2D eigenvalue weighted by Crippen LogP contribution is 2.15. The van der Waals surface area contributed by atoms with E-state index in [4.69, 9.17) is 0 Å². The van der Waals surface area contributed by atoms with Gasteiger partial charge in [0.1, 0.15) is 0 Å². The van der Waals surface area contributed by atoms with E-state index < -0.39 is 0 Å². The number of aromatic amines is 1. The molecule has 4 heteroatoms. The summed E-state index contributed by atoms with van der Waals surface area (Å²) in [7, 11) is 0. The number of rotatable bonds is 3. The van der Waals surface area contributed by atoms with Crippen molar-refractivity contribution in [2.24, 2.45) is 0 Å². The number of carbonyl (C=O) groups is 1. The summed E-state index contributed by atoms with van der Waals surface area (Å²) in [6.45, 7) is 1.97. The molecule has 0 bridgehead atoms. The molecule has 1 atom stereocenters. The molecule has 1 aromatic heterocycles. The molecule has 0 aliphatic rings. The molecule has 20 heavy (non-hydrogen) atoms. The van der Waals surface area contributed by atoms with E-state index in [0.29, 0.717) is 5.56 Å². The fourth-order valence-electron chi connectivity index (χ4n) is 2.18. The van der Waals surface area contributed by atoms with Crippen LogP contribution in [0.3, 0.4) is 0 Å². The van der Waals surface area contributed by atoms with E-state index in [-0.39, 0.29) is 11.9 Å². The van der Waals surface area contributed by atoms with E-state index in [1.165, 1.54) is 0 Å². The number of fused-ring (bicyclic) bond motifs is 1. The molecule has 0 aliphatic heterocycles. The molecule has 0 spiro atoms. The summed E-state index contributed by atoms with van der Waals surface area (Å²) in [4.78, 5) is 19.4. The molecule has 100 valence electrons. The minimum Gasteiger partial charge on any atom is -0.346 e. The van der Waals surface area contributed by atoms with Crippen LogP contribution in [0.15, 0.2) is 54.9 Å². The van der Waals surface area contributed by atoms with Crippen LogP contribution in [0.1, 0.15) is 28.9 Å². The molecular weight excluding hydrogens is 250 g/mol. The number of nitrogens with one attached hydrogen (secondary N) is 2. The van der Waals surface area contributed by atoms with Gasteiger partial charge in [-0.15, -0.1) is 0 Å². The fraction of sp³-hybridized carbons (Fsp3) is 0.125. The fourth-order valence-corrected chi connectivity index (χ4v) is 2.18. The maximum Gasteiger partial charge on any atom is 0.251 e. The van der Waals surface area contributed by atoms with Crippen LogP contribution in [-0.4, -0.2) is 15.9 Å². The number of carbonyl (C=O) groups excluding carboxylic acids is 1. The lowest BCUT2D eigenvalue weighted by atomic mass is 10.1. The van der Waals surface area contributed by atoms with Gasteiger partial charge in [-0.05, 0) is 30.7 Å². The van der Waals surface area contributed by atoms with Gasteiger partial charge in [-0.1, -0.05) is 30.3 Å². The zero-order valence-electron chi connectivity index (χ0n) is 11.1. The Kier molecular flexibility index (Phi) is 3.21. The van der Waals surface area contributed by atoms with Crippen molar-refractivity contribution >= 4 is 16.9 Å². The molecule has 4 nitrogen and oxygen atoms in total. The molecule has 0 fully saturated rings. The third-order valence-corrected chi connectivity index (χ3v) is 3.33. The van der Waals surface area contributed by atoms with Gasteiger partial charge in [0.25, 0.3) is 5.91 Å². The van der Waals surface area contributed by atoms with Crippen molar-refractivity contribution in [2.45, 2.75) is 13.0 Å². The number of amides is 1. The third-order valence-electron chi connectivity index (χ3n) is 3.33. The molecule has 3 rings (SSSR count). The average molecular weight is 265 g/mol. The zero-order valence-corrected chi connectivity index (χ0v) is 11.1. The molecule has 0 aliphatic carbocycles. The van der Waals surface area contributed by atoms with Gasteiger partial charge in [-0.2, -0.15) is 0 Å². The first-order valence-corrected chi connectivity index (χ1v) is 6.53. The van der Waals surface area contributed by atoms with Crippen LogP contribution >= 0.6 is 0 Å². The van der Waals surface area contributed by atoms with E-state index in [0.717, 1.165) is 16.6 Å². The van der Waals surface area contributed by atoms with Crippen LogP contribution in [-0.2, 0) is 0 Å². The molecule has 3 aromatic rings. The lowest BCUT2D eigenvalue weighted by molar-refractivity contribution is 0.0940. The molecule has 1 amide bonds. The Balaban J connectivity index is 1.78. The van der Waals surface area contributed by atoms with E-state index in [9.17, 15) is 4.79 Å². The number of nitrogens with zero attached hydrogens (tertiary/aromatic N) is 1. The lowest BCUT2D eigenvalue weighted by Crippen LogP contribution is -2.26. The second-order valence-electron chi connectivity index (χ2n) is 4.74. The standard InChI is InChI=1S/C16H15N3O/c1-11(12-5-3-2-4-6-12)19-16(20)13-7-8-14-15(9-13)18-10-17-14/h2-11H,1H3,(H,17,18)(H,19,20)/t11-/m0/s1. The molecule has 0 unspecified atom stereocenters. The van der Waals surface area contributed by atoms with Crippen molar-refractivity contribution < 1.29 is 4.79 Å². The monoisotopic (exact) mass is 265 g/mol. The van der Waals surface area contributed by atoms with Gasteiger partial charge < -0.3 is 10.3 Å².